The Morgan fingerprint density at radius 3 is 2.81 bits per heavy atom. The van der Waals surface area contributed by atoms with Gasteiger partial charge in [0.15, 0.2) is 0 Å². The smallest absolute Gasteiger partial charge is 0.225 e. The first-order valence-electron chi connectivity index (χ1n) is 6.10. The van der Waals surface area contributed by atoms with Crippen molar-refractivity contribution in [3.05, 3.63) is 0 Å². The highest BCUT2D eigenvalue weighted by molar-refractivity contribution is 5.89. The fourth-order valence-corrected chi connectivity index (χ4v) is 1.96. The predicted octanol–water partition coefficient (Wildman–Crippen LogP) is 1.02. The van der Waals surface area contributed by atoms with Crippen molar-refractivity contribution in [2.24, 2.45) is 11.8 Å². The van der Waals surface area contributed by atoms with Crippen LogP contribution in [-0.4, -0.2) is 36.3 Å². The van der Waals surface area contributed by atoms with Gasteiger partial charge in [0.05, 0.1) is 5.92 Å². The van der Waals surface area contributed by atoms with Crippen LogP contribution in [-0.2, 0) is 9.59 Å². The van der Waals surface area contributed by atoms with Crippen LogP contribution in [0.1, 0.15) is 33.6 Å². The summed E-state index contributed by atoms with van der Waals surface area (Å²) in [6.45, 7) is 8.23. The molecular weight excluding hydrogens is 204 g/mol. The zero-order chi connectivity index (χ0) is 12.1. The molecule has 4 heteroatoms. The van der Waals surface area contributed by atoms with Crippen LogP contribution in [0.4, 0.5) is 0 Å². The summed E-state index contributed by atoms with van der Waals surface area (Å²) >= 11 is 0. The fourth-order valence-electron chi connectivity index (χ4n) is 1.96. The summed E-state index contributed by atoms with van der Waals surface area (Å²) in [5.41, 5.74) is 0. The summed E-state index contributed by atoms with van der Waals surface area (Å²) in [5, 5.41) is 2.85. The molecule has 1 unspecified atom stereocenters. The molecule has 0 aromatic carbocycles. The van der Waals surface area contributed by atoms with Crippen LogP contribution < -0.4 is 5.32 Å². The van der Waals surface area contributed by atoms with E-state index in [1.807, 2.05) is 6.92 Å². The van der Waals surface area contributed by atoms with Crippen molar-refractivity contribution in [3.63, 3.8) is 0 Å². The van der Waals surface area contributed by atoms with Gasteiger partial charge in [-0.1, -0.05) is 20.8 Å². The van der Waals surface area contributed by atoms with Crippen LogP contribution in [0.2, 0.25) is 0 Å². The third-order valence-corrected chi connectivity index (χ3v) is 2.72. The summed E-state index contributed by atoms with van der Waals surface area (Å²) in [5.74, 6) is 0.464. The summed E-state index contributed by atoms with van der Waals surface area (Å²) < 4.78 is 0. The van der Waals surface area contributed by atoms with Gasteiger partial charge in [-0.15, -0.1) is 0 Å². The molecule has 92 valence electrons. The van der Waals surface area contributed by atoms with E-state index in [2.05, 4.69) is 19.2 Å². The first-order chi connectivity index (χ1) is 7.54. The Morgan fingerprint density at radius 1 is 1.56 bits per heavy atom. The molecular formula is C12H22N2O2. The average molecular weight is 226 g/mol. The molecule has 1 saturated heterocycles. The zero-order valence-corrected chi connectivity index (χ0v) is 10.5. The number of nitrogens with zero attached hydrogens (tertiary/aromatic N) is 1. The molecule has 0 radical (unpaired) electrons. The van der Waals surface area contributed by atoms with Crippen LogP contribution in [0.3, 0.4) is 0 Å². The van der Waals surface area contributed by atoms with Crippen molar-refractivity contribution in [2.75, 3.05) is 19.6 Å². The number of carbonyl (C=O) groups excluding carboxylic acids is 2. The Morgan fingerprint density at radius 2 is 2.25 bits per heavy atom. The number of nitrogens with one attached hydrogen (secondary N) is 1. The standard InChI is InChI=1S/C12H22N2O2/c1-4-5-13-12(16)10-6-11(15)14(8-10)7-9(2)3/h9-10H,4-8H2,1-3H3,(H,13,16). The van der Waals surface area contributed by atoms with Gasteiger partial charge in [0.1, 0.15) is 0 Å². The van der Waals surface area contributed by atoms with Gasteiger partial charge in [0.25, 0.3) is 0 Å². The van der Waals surface area contributed by atoms with Crippen LogP contribution in [0, 0.1) is 11.8 Å². The van der Waals surface area contributed by atoms with E-state index in [0.717, 1.165) is 13.0 Å². The molecule has 0 bridgehead atoms. The highest BCUT2D eigenvalue weighted by Gasteiger charge is 2.33. The molecule has 4 nitrogen and oxygen atoms in total. The minimum Gasteiger partial charge on any atom is -0.356 e. The molecule has 0 aliphatic carbocycles. The first-order valence-corrected chi connectivity index (χ1v) is 6.10. The number of amides is 2. The molecule has 0 aromatic rings. The van der Waals surface area contributed by atoms with Crippen molar-refractivity contribution in [2.45, 2.75) is 33.6 Å². The number of rotatable bonds is 5. The maximum Gasteiger partial charge on any atom is 0.225 e. The van der Waals surface area contributed by atoms with Crippen molar-refractivity contribution in [3.8, 4) is 0 Å². The van der Waals surface area contributed by atoms with Crippen molar-refractivity contribution < 1.29 is 9.59 Å². The Labute approximate surface area is 97.4 Å². The van der Waals surface area contributed by atoms with Crippen molar-refractivity contribution in [1.82, 2.24) is 10.2 Å². The lowest BCUT2D eigenvalue weighted by molar-refractivity contribution is -0.129. The largest absolute Gasteiger partial charge is 0.356 e. The second kappa shape index (κ2) is 5.87. The lowest BCUT2D eigenvalue weighted by Crippen LogP contribution is -2.34. The molecule has 1 aliphatic rings. The average Bonchev–Trinajstić information content (AvgIpc) is 2.56. The van der Waals surface area contributed by atoms with Gasteiger partial charge in [-0.05, 0) is 12.3 Å². The number of carbonyl (C=O) groups is 2. The van der Waals surface area contributed by atoms with Gasteiger partial charge in [-0.25, -0.2) is 0 Å². The SMILES string of the molecule is CCCNC(=O)C1CC(=O)N(CC(C)C)C1. The van der Waals surface area contributed by atoms with Gasteiger partial charge in [0, 0.05) is 26.1 Å². The van der Waals surface area contributed by atoms with Gasteiger partial charge in [0.2, 0.25) is 11.8 Å². The van der Waals surface area contributed by atoms with Crippen molar-refractivity contribution in [1.29, 1.82) is 0 Å². The highest BCUT2D eigenvalue weighted by atomic mass is 16.2. The Bertz CT molecular complexity index is 264. The normalized spacial score (nSPS) is 20.6. The third kappa shape index (κ3) is 3.51. The summed E-state index contributed by atoms with van der Waals surface area (Å²) in [6.07, 6.45) is 1.31. The van der Waals surface area contributed by atoms with Crippen LogP contribution >= 0.6 is 0 Å². The monoisotopic (exact) mass is 226 g/mol. The topological polar surface area (TPSA) is 49.4 Å². The Hall–Kier alpha value is -1.06. The minimum absolute atomic E-state index is 0.0291. The molecule has 2 amide bonds. The fraction of sp³-hybridized carbons (Fsp3) is 0.833. The Balaban J connectivity index is 2.43. The van der Waals surface area contributed by atoms with E-state index in [0.29, 0.717) is 25.4 Å². The van der Waals surface area contributed by atoms with Crippen LogP contribution in [0.5, 0.6) is 0 Å². The van der Waals surface area contributed by atoms with E-state index in [-0.39, 0.29) is 17.7 Å². The molecule has 1 atom stereocenters. The summed E-state index contributed by atoms with van der Waals surface area (Å²) in [6, 6.07) is 0. The maximum atomic E-state index is 11.7. The molecule has 0 aromatic heterocycles. The molecule has 1 heterocycles. The zero-order valence-electron chi connectivity index (χ0n) is 10.5. The second-order valence-corrected chi connectivity index (χ2v) is 4.88. The number of likely N-dealkylation sites (tertiary alicyclic amines) is 1. The van der Waals surface area contributed by atoms with Crippen LogP contribution in [0.15, 0.2) is 0 Å². The molecule has 0 saturated carbocycles. The minimum atomic E-state index is -0.141. The van der Waals surface area contributed by atoms with E-state index in [4.69, 9.17) is 0 Å². The second-order valence-electron chi connectivity index (χ2n) is 4.88. The van der Waals surface area contributed by atoms with E-state index < -0.39 is 0 Å². The van der Waals surface area contributed by atoms with E-state index >= 15 is 0 Å². The first kappa shape index (κ1) is 13.0. The van der Waals surface area contributed by atoms with E-state index in [9.17, 15) is 9.59 Å². The Kier molecular flexibility index (Phi) is 4.77. The maximum absolute atomic E-state index is 11.7. The lowest BCUT2D eigenvalue weighted by atomic mass is 10.1. The molecule has 1 N–H and O–H groups in total. The molecule has 16 heavy (non-hydrogen) atoms. The number of hydrogen-bond acceptors (Lipinski definition) is 2. The quantitative estimate of drug-likeness (QED) is 0.761. The van der Waals surface area contributed by atoms with Gasteiger partial charge in [-0.2, -0.15) is 0 Å². The molecule has 1 rings (SSSR count). The molecule has 1 fully saturated rings. The predicted molar refractivity (Wildman–Crippen MR) is 62.8 cm³/mol. The summed E-state index contributed by atoms with van der Waals surface area (Å²) in [4.78, 5) is 25.1. The molecule has 1 aliphatic heterocycles. The molecule has 0 spiro atoms. The lowest BCUT2D eigenvalue weighted by Gasteiger charge is -2.18. The highest BCUT2D eigenvalue weighted by Crippen LogP contribution is 2.18. The van der Waals surface area contributed by atoms with E-state index in [1.54, 1.807) is 4.90 Å². The third-order valence-electron chi connectivity index (χ3n) is 2.72. The van der Waals surface area contributed by atoms with Gasteiger partial charge >= 0.3 is 0 Å². The van der Waals surface area contributed by atoms with Crippen LogP contribution in [0.25, 0.3) is 0 Å². The number of hydrogen-bond donors (Lipinski definition) is 1. The van der Waals surface area contributed by atoms with Gasteiger partial charge in [-0.3, -0.25) is 9.59 Å². The van der Waals surface area contributed by atoms with Gasteiger partial charge < -0.3 is 10.2 Å². The summed E-state index contributed by atoms with van der Waals surface area (Å²) in [7, 11) is 0. The van der Waals surface area contributed by atoms with E-state index in [1.165, 1.54) is 0 Å². The van der Waals surface area contributed by atoms with Crippen molar-refractivity contribution >= 4 is 11.8 Å².